The predicted octanol–water partition coefficient (Wildman–Crippen LogP) is 2.50. The van der Waals surface area contributed by atoms with Gasteiger partial charge in [0.1, 0.15) is 5.82 Å². The molecule has 1 aromatic rings. The fourth-order valence-corrected chi connectivity index (χ4v) is 1.62. The average molecular weight is 232 g/mol. The maximum Gasteiger partial charge on any atom is 0.185 e. The second-order valence-electron chi connectivity index (χ2n) is 3.32. The third-order valence-corrected chi connectivity index (χ3v) is 2.50. The van der Waals surface area contributed by atoms with Crippen LogP contribution in [0.1, 0.15) is 18.3 Å². The standard InChI is InChI=1S/C10H11ClFNO2/c11-7-5-9(13)6(4-8(7)12)10-14-2-1-3-15-10/h4-5,10H,1-3,13H2. The van der Waals surface area contributed by atoms with Crippen molar-refractivity contribution in [1.82, 2.24) is 0 Å². The molecule has 1 heterocycles. The van der Waals surface area contributed by atoms with Crippen LogP contribution in [-0.4, -0.2) is 13.2 Å². The SMILES string of the molecule is Nc1cc(Cl)c(F)cc1C1OCCCO1. The minimum atomic E-state index is -0.578. The Balaban J connectivity index is 2.30. The molecule has 1 aliphatic heterocycles. The van der Waals surface area contributed by atoms with Crippen LogP contribution < -0.4 is 5.73 Å². The highest BCUT2D eigenvalue weighted by molar-refractivity contribution is 6.31. The molecular weight excluding hydrogens is 221 g/mol. The average Bonchev–Trinajstić information content (AvgIpc) is 2.25. The maximum absolute atomic E-state index is 13.2. The minimum Gasteiger partial charge on any atom is -0.398 e. The summed E-state index contributed by atoms with van der Waals surface area (Å²) in [6.45, 7) is 1.18. The zero-order valence-corrected chi connectivity index (χ0v) is 8.76. The smallest absolute Gasteiger partial charge is 0.185 e. The van der Waals surface area contributed by atoms with Crippen LogP contribution in [-0.2, 0) is 9.47 Å². The Hall–Kier alpha value is -0.840. The second kappa shape index (κ2) is 4.35. The van der Waals surface area contributed by atoms with Crippen LogP contribution in [0.15, 0.2) is 12.1 Å². The van der Waals surface area contributed by atoms with Gasteiger partial charge in [0.25, 0.3) is 0 Å². The van der Waals surface area contributed by atoms with Gasteiger partial charge in [0.15, 0.2) is 6.29 Å². The molecule has 0 bridgehead atoms. The number of ether oxygens (including phenoxy) is 2. The zero-order chi connectivity index (χ0) is 10.8. The number of hydrogen-bond donors (Lipinski definition) is 1. The molecule has 82 valence electrons. The van der Waals surface area contributed by atoms with Crippen LogP contribution in [0.4, 0.5) is 10.1 Å². The third-order valence-electron chi connectivity index (χ3n) is 2.21. The first-order chi connectivity index (χ1) is 7.18. The van der Waals surface area contributed by atoms with E-state index in [0.717, 1.165) is 6.42 Å². The van der Waals surface area contributed by atoms with Gasteiger partial charge in [-0.3, -0.25) is 0 Å². The number of nitrogen functional groups attached to an aromatic ring is 1. The lowest BCUT2D eigenvalue weighted by Gasteiger charge is -2.24. The quantitative estimate of drug-likeness (QED) is 0.756. The number of benzene rings is 1. The minimum absolute atomic E-state index is 0.00654. The summed E-state index contributed by atoms with van der Waals surface area (Å²) in [4.78, 5) is 0. The van der Waals surface area contributed by atoms with Gasteiger partial charge in [-0.15, -0.1) is 0 Å². The van der Waals surface area contributed by atoms with E-state index in [0.29, 0.717) is 24.5 Å². The van der Waals surface area contributed by atoms with E-state index in [1.807, 2.05) is 0 Å². The summed E-state index contributed by atoms with van der Waals surface area (Å²) in [5, 5.41) is 0.00654. The van der Waals surface area contributed by atoms with Crippen LogP contribution in [0, 0.1) is 5.82 Å². The van der Waals surface area contributed by atoms with E-state index in [1.165, 1.54) is 12.1 Å². The number of anilines is 1. The van der Waals surface area contributed by atoms with E-state index in [1.54, 1.807) is 0 Å². The van der Waals surface area contributed by atoms with Crippen molar-refractivity contribution in [3.63, 3.8) is 0 Å². The van der Waals surface area contributed by atoms with Crippen molar-refractivity contribution in [3.8, 4) is 0 Å². The molecule has 0 amide bonds. The monoisotopic (exact) mass is 231 g/mol. The van der Waals surface area contributed by atoms with Gasteiger partial charge < -0.3 is 15.2 Å². The zero-order valence-electron chi connectivity index (χ0n) is 8.00. The third kappa shape index (κ3) is 2.22. The molecule has 1 aromatic carbocycles. The molecule has 0 aromatic heterocycles. The van der Waals surface area contributed by atoms with Crippen molar-refractivity contribution in [3.05, 3.63) is 28.5 Å². The summed E-state index contributed by atoms with van der Waals surface area (Å²) in [7, 11) is 0. The Morgan fingerprint density at radius 1 is 1.33 bits per heavy atom. The Bertz CT molecular complexity index is 367. The maximum atomic E-state index is 13.2. The van der Waals surface area contributed by atoms with Gasteiger partial charge in [0.2, 0.25) is 0 Å². The lowest BCUT2D eigenvalue weighted by molar-refractivity contribution is -0.182. The second-order valence-corrected chi connectivity index (χ2v) is 3.73. The molecule has 5 heteroatoms. The first-order valence-electron chi connectivity index (χ1n) is 4.66. The molecule has 0 unspecified atom stereocenters. The van der Waals surface area contributed by atoms with Gasteiger partial charge in [0, 0.05) is 11.3 Å². The molecule has 1 saturated heterocycles. The molecule has 2 rings (SSSR count). The molecular formula is C10H11ClFNO2. The molecule has 0 saturated carbocycles. The van der Waals surface area contributed by atoms with Crippen molar-refractivity contribution in [2.24, 2.45) is 0 Å². The van der Waals surface area contributed by atoms with Crippen LogP contribution in [0.3, 0.4) is 0 Å². The van der Waals surface area contributed by atoms with Gasteiger partial charge in [-0.05, 0) is 18.6 Å². The van der Waals surface area contributed by atoms with Gasteiger partial charge in [0.05, 0.1) is 18.2 Å². The van der Waals surface area contributed by atoms with Gasteiger partial charge in [-0.1, -0.05) is 11.6 Å². The van der Waals surface area contributed by atoms with Crippen molar-refractivity contribution < 1.29 is 13.9 Å². The highest BCUT2D eigenvalue weighted by atomic mass is 35.5. The van der Waals surface area contributed by atoms with E-state index < -0.39 is 12.1 Å². The van der Waals surface area contributed by atoms with Crippen LogP contribution in [0.25, 0.3) is 0 Å². The highest BCUT2D eigenvalue weighted by Crippen LogP contribution is 2.31. The number of nitrogens with two attached hydrogens (primary N) is 1. The van der Waals surface area contributed by atoms with Gasteiger partial charge >= 0.3 is 0 Å². The normalized spacial score (nSPS) is 18.0. The Morgan fingerprint density at radius 2 is 2.00 bits per heavy atom. The predicted molar refractivity (Wildman–Crippen MR) is 55.1 cm³/mol. The summed E-state index contributed by atoms with van der Waals surface area (Å²) >= 11 is 5.59. The van der Waals surface area contributed by atoms with E-state index in [2.05, 4.69) is 0 Å². The van der Waals surface area contributed by atoms with Crippen molar-refractivity contribution in [1.29, 1.82) is 0 Å². The molecule has 2 N–H and O–H groups in total. The molecule has 0 radical (unpaired) electrons. The number of hydrogen-bond acceptors (Lipinski definition) is 3. The lowest BCUT2D eigenvalue weighted by atomic mass is 10.1. The summed E-state index contributed by atoms with van der Waals surface area (Å²) in [6, 6.07) is 2.63. The number of halogens is 2. The molecule has 1 aliphatic rings. The largest absolute Gasteiger partial charge is 0.398 e. The van der Waals surface area contributed by atoms with Crippen molar-refractivity contribution >= 4 is 17.3 Å². The lowest BCUT2D eigenvalue weighted by Crippen LogP contribution is -2.19. The Morgan fingerprint density at radius 3 is 2.67 bits per heavy atom. The molecule has 0 aliphatic carbocycles. The summed E-state index contributed by atoms with van der Waals surface area (Å²) < 4.78 is 23.9. The first-order valence-corrected chi connectivity index (χ1v) is 5.04. The highest BCUT2D eigenvalue weighted by Gasteiger charge is 2.20. The van der Waals surface area contributed by atoms with Gasteiger partial charge in [-0.25, -0.2) is 4.39 Å². The van der Waals surface area contributed by atoms with E-state index in [9.17, 15) is 4.39 Å². The van der Waals surface area contributed by atoms with Crippen LogP contribution in [0.2, 0.25) is 5.02 Å². The summed E-state index contributed by atoms with van der Waals surface area (Å²) in [5.41, 5.74) is 6.59. The fourth-order valence-electron chi connectivity index (χ4n) is 1.45. The molecule has 3 nitrogen and oxygen atoms in total. The van der Waals surface area contributed by atoms with Crippen LogP contribution in [0.5, 0.6) is 0 Å². The topological polar surface area (TPSA) is 44.5 Å². The molecule has 0 atom stereocenters. The van der Waals surface area contributed by atoms with E-state index >= 15 is 0 Å². The Labute approximate surface area is 91.9 Å². The Kier molecular flexibility index (Phi) is 3.09. The summed E-state index contributed by atoms with van der Waals surface area (Å²) in [5.74, 6) is -0.515. The van der Waals surface area contributed by atoms with Crippen molar-refractivity contribution in [2.75, 3.05) is 18.9 Å². The molecule has 0 spiro atoms. The first kappa shape index (κ1) is 10.7. The van der Waals surface area contributed by atoms with Gasteiger partial charge in [-0.2, -0.15) is 0 Å². The van der Waals surface area contributed by atoms with E-state index in [-0.39, 0.29) is 5.02 Å². The number of rotatable bonds is 1. The van der Waals surface area contributed by atoms with Crippen molar-refractivity contribution in [2.45, 2.75) is 12.7 Å². The molecule has 15 heavy (non-hydrogen) atoms. The molecule has 1 fully saturated rings. The van der Waals surface area contributed by atoms with Crippen LogP contribution >= 0.6 is 11.6 Å². The summed E-state index contributed by atoms with van der Waals surface area (Å²) in [6.07, 6.45) is 0.262. The fraction of sp³-hybridized carbons (Fsp3) is 0.400. The van der Waals surface area contributed by atoms with E-state index in [4.69, 9.17) is 26.8 Å².